The standard InChI is InChI=1S/C17H36N2O4S.C16H35N3O4S.C16H32N2O.C13H30N2O5S2.C13H26N2O5S.C10H23NO/c1-16(2)9-11-19(14-15-24(21,22)23)13-12-18(4)10-7-5-6-8-17(3)20;1-15(2)5-10-19(13-14-24(21,22)23)12-8-17-7-11-18(4)9-6-16(3)20;1-14(2)7-13-18(10-5-6-15(3)19)16-8-11-17(4)12-9-16;1-13(2)5-6-15(10-12-22(18,19)20)8-7-14(3)9-11-21(4,16)17;1-10(2)5-6-15(7-8-21(18,19)20)13(17)12(14-4)9-11(3)16;1-5-10(8-12)11(4)7-6-9(2)3/h16H,5-15H2,1-4H3,(H,21,22,23);15,17H,5-14H2,1-4H3,(H,21,22,23);14,16H,5-13H2,1-4H3;13H,4-12H2,1-3H3,(H,16,17)(H,18,19,20);10,12,14H,5-9H2,1-4H3,(H,18,19,20);9-10,12H,5-8H2,1-4H3. The van der Waals surface area contributed by atoms with E-state index in [0.717, 1.165) is 161 Å². The molecule has 32 nitrogen and oxygen atoms in total. The van der Waals surface area contributed by atoms with Crippen molar-refractivity contribution in [3.05, 3.63) is 0 Å². The van der Waals surface area contributed by atoms with E-state index in [1.807, 2.05) is 37.7 Å². The second-order valence-corrected chi connectivity index (χ2v) is 44.3. The fourth-order valence-electron chi connectivity index (χ4n) is 12.0. The van der Waals surface area contributed by atoms with Crippen LogP contribution in [0.1, 0.15) is 227 Å². The molecular formula is C85H182N12O20S5. The lowest BCUT2D eigenvalue weighted by atomic mass is 10.0. The third-order valence-electron chi connectivity index (χ3n) is 20.7. The van der Waals surface area contributed by atoms with Gasteiger partial charge in [0.05, 0.1) is 51.2 Å². The van der Waals surface area contributed by atoms with Crippen LogP contribution in [0.5, 0.6) is 0 Å². The third-order valence-corrected chi connectivity index (χ3v) is 24.3. The van der Waals surface area contributed by atoms with Gasteiger partial charge in [0, 0.05) is 136 Å². The molecule has 0 aliphatic carbocycles. The summed E-state index contributed by atoms with van der Waals surface area (Å²) in [5, 5.41) is 15.1. The summed E-state index contributed by atoms with van der Waals surface area (Å²) in [4.78, 5) is 77.6. The van der Waals surface area contributed by atoms with Gasteiger partial charge in [0.15, 0.2) is 0 Å². The van der Waals surface area contributed by atoms with E-state index >= 15 is 0 Å². The Kier molecular flexibility index (Phi) is 77.5. The molecular weight excluding hydrogens is 1670 g/mol. The summed E-state index contributed by atoms with van der Waals surface area (Å²) in [6.07, 6.45) is 15.9. The summed E-state index contributed by atoms with van der Waals surface area (Å²) in [6, 6.07) is 0.418. The molecule has 0 bridgehead atoms. The lowest BCUT2D eigenvalue weighted by Gasteiger charge is -2.37. The summed E-state index contributed by atoms with van der Waals surface area (Å²) in [5.41, 5.74) is 0. The largest absolute Gasteiger partial charge is 0.395 e. The number of amides is 1. The van der Waals surface area contributed by atoms with E-state index in [-0.39, 0.29) is 72.4 Å². The Morgan fingerprint density at radius 3 is 1.18 bits per heavy atom. The molecule has 0 aromatic heterocycles. The number of hydrogen-bond acceptors (Lipinski definition) is 26. The topological polar surface area (TPSA) is 417 Å². The van der Waals surface area contributed by atoms with Crippen LogP contribution in [0.2, 0.25) is 0 Å². The predicted molar refractivity (Wildman–Crippen MR) is 505 cm³/mol. The van der Waals surface area contributed by atoms with E-state index < -0.39 is 62.1 Å². The maximum atomic E-state index is 12.4. The number of unbranched alkanes of at least 4 members (excludes halogenated alkanes) is 2. The molecule has 0 aromatic rings. The summed E-state index contributed by atoms with van der Waals surface area (Å²) < 4.78 is 143. The molecule has 732 valence electrons. The van der Waals surface area contributed by atoms with Gasteiger partial charge in [-0.25, -0.2) is 4.21 Å². The molecule has 1 aliphatic rings. The van der Waals surface area contributed by atoms with Gasteiger partial charge < -0.3 is 78.9 Å². The summed E-state index contributed by atoms with van der Waals surface area (Å²) in [7, 11) is -7.11. The minimum atomic E-state index is -4.13. The Labute approximate surface area is 745 Å². The average Bonchev–Trinajstić information content (AvgIpc) is 0.881. The SMILES string of the molecule is C=S(=O)(O)CCN(C)CCN(CCC(C)C)CCS(=O)(=O)O.CC(=O)CCCCCN(C)CCN(CCC(C)C)CCS(=O)(=O)O.CC(=O)CCCN(CCC(C)C)C1CCN(C)CC1.CC(=O)CCN(C)CCNCCN(CCC(C)C)CCS(=O)(=O)O.CCC(CO)N(C)CCC(C)C.CNC(CC(C)=O)C(=O)N(CCC(C)C)CCS(=O)(=O)O. The molecule has 122 heavy (non-hydrogen) atoms. The smallest absolute Gasteiger partial charge is 0.266 e. The highest BCUT2D eigenvalue weighted by Gasteiger charge is 2.27. The zero-order chi connectivity index (χ0) is 95.0. The van der Waals surface area contributed by atoms with Gasteiger partial charge in [-0.3, -0.25) is 32.6 Å². The maximum absolute atomic E-state index is 12.4. The molecule has 1 saturated heterocycles. The molecule has 1 fully saturated rings. The lowest BCUT2D eigenvalue weighted by Crippen LogP contribution is -2.48. The van der Waals surface area contributed by atoms with E-state index in [2.05, 4.69) is 148 Å². The predicted octanol–water partition coefficient (Wildman–Crippen LogP) is 8.22. The summed E-state index contributed by atoms with van der Waals surface area (Å²) in [6.45, 7) is 52.5. The van der Waals surface area contributed by atoms with Gasteiger partial charge in [-0.1, -0.05) is 96.4 Å². The van der Waals surface area contributed by atoms with Crippen LogP contribution < -0.4 is 10.6 Å². The number of carbonyl (C=O) groups is 5. The number of hydrogen-bond donors (Lipinski definition) is 8. The Hall–Kier alpha value is -2.71. The first-order valence-corrected chi connectivity index (χ1v) is 53.0. The van der Waals surface area contributed by atoms with Gasteiger partial charge in [-0.2, -0.15) is 33.7 Å². The van der Waals surface area contributed by atoms with Crippen molar-refractivity contribution in [2.24, 2.45) is 35.5 Å². The highest BCUT2D eigenvalue weighted by atomic mass is 32.2. The molecule has 1 amide bonds. The molecule has 0 radical (unpaired) electrons. The molecule has 0 spiro atoms. The minimum Gasteiger partial charge on any atom is -0.395 e. The van der Waals surface area contributed by atoms with Crippen molar-refractivity contribution in [3.8, 4) is 0 Å². The van der Waals surface area contributed by atoms with Crippen molar-refractivity contribution < 1.29 is 89.7 Å². The number of likely N-dealkylation sites (tertiary alicyclic amines) is 1. The van der Waals surface area contributed by atoms with Crippen molar-refractivity contribution in [1.82, 2.24) is 59.6 Å². The molecule has 37 heteroatoms. The Bertz CT molecular complexity index is 3240. The first kappa shape index (κ1) is 128. The number of nitrogens with one attached hydrogen (secondary N) is 2. The van der Waals surface area contributed by atoms with E-state index in [9.17, 15) is 61.9 Å². The first-order valence-electron chi connectivity index (χ1n) is 44.7. The Balaban J connectivity index is -0.000000453. The van der Waals surface area contributed by atoms with Gasteiger partial charge in [0.1, 0.15) is 23.1 Å². The second-order valence-electron chi connectivity index (χ2n) is 36.0. The van der Waals surface area contributed by atoms with Crippen LogP contribution in [0.3, 0.4) is 0 Å². The number of likely N-dealkylation sites (N-methyl/N-ethyl adjacent to an activating group) is 5. The van der Waals surface area contributed by atoms with Gasteiger partial charge in [0.2, 0.25) is 5.91 Å². The van der Waals surface area contributed by atoms with Gasteiger partial charge >= 0.3 is 0 Å². The van der Waals surface area contributed by atoms with Crippen molar-refractivity contribution in [1.29, 1.82) is 0 Å². The third kappa shape index (κ3) is 93.4. The van der Waals surface area contributed by atoms with Crippen molar-refractivity contribution in [2.45, 2.75) is 245 Å². The number of piperidine rings is 1. The molecule has 1 aliphatic heterocycles. The van der Waals surface area contributed by atoms with E-state index in [1.165, 1.54) is 57.1 Å². The number of aliphatic hydroxyl groups is 1. The molecule has 0 saturated carbocycles. The van der Waals surface area contributed by atoms with Crippen LogP contribution >= 0.6 is 0 Å². The fourth-order valence-corrected chi connectivity index (χ4v) is 14.6. The van der Waals surface area contributed by atoms with Crippen molar-refractivity contribution in [3.63, 3.8) is 0 Å². The van der Waals surface area contributed by atoms with E-state index in [1.54, 1.807) is 27.8 Å². The number of carbonyl (C=O) groups excluding carboxylic acids is 5. The van der Waals surface area contributed by atoms with Gasteiger partial charge in [-0.05, 0) is 247 Å². The van der Waals surface area contributed by atoms with E-state index in [4.69, 9.17) is 27.9 Å². The maximum Gasteiger partial charge on any atom is 0.266 e. The molecule has 1 heterocycles. The Morgan fingerprint density at radius 1 is 0.418 bits per heavy atom. The van der Waals surface area contributed by atoms with Crippen LogP contribution in [-0.4, -0.2) is 403 Å². The molecule has 1 rings (SSSR count). The second kappa shape index (κ2) is 74.0. The van der Waals surface area contributed by atoms with Crippen molar-refractivity contribution in [2.75, 3.05) is 235 Å². The van der Waals surface area contributed by atoms with Crippen LogP contribution in [0, 0.1) is 35.5 Å². The molecule has 3 unspecified atom stereocenters. The zero-order valence-electron chi connectivity index (χ0n) is 80.5. The van der Waals surface area contributed by atoms with Gasteiger partial charge in [0.25, 0.3) is 40.5 Å². The molecule has 8 N–H and O–H groups in total. The lowest BCUT2D eigenvalue weighted by molar-refractivity contribution is -0.135. The molecule has 3 atom stereocenters. The number of ketones is 4. The Morgan fingerprint density at radius 2 is 0.795 bits per heavy atom. The number of rotatable bonds is 66. The minimum absolute atomic E-state index is 0.0549. The summed E-state index contributed by atoms with van der Waals surface area (Å²) in [5.74, 6) is 5.93. The normalized spacial score (nSPS) is 14.3. The van der Waals surface area contributed by atoms with Crippen LogP contribution in [0.4, 0.5) is 0 Å². The number of aliphatic hydroxyl groups excluding tert-OH is 1. The first-order chi connectivity index (χ1) is 56.2. The quantitative estimate of drug-likeness (QED) is 0.0161. The molecule has 0 aromatic carbocycles. The van der Waals surface area contributed by atoms with Crippen molar-refractivity contribution >= 4 is 85.2 Å². The number of nitrogens with zero attached hydrogens (tertiary/aromatic N) is 10. The summed E-state index contributed by atoms with van der Waals surface area (Å²) >= 11 is 0. The van der Waals surface area contributed by atoms with Crippen LogP contribution in [0.25, 0.3) is 0 Å². The van der Waals surface area contributed by atoms with E-state index in [0.29, 0.717) is 94.0 Å². The fraction of sp³-hybridized carbons (Fsp3) is 0.929. The monoisotopic (exact) mass is 1850 g/mol. The number of Topliss-reactive ketones (excluding diaryl/α,β-unsaturated/α-hetero) is 4. The van der Waals surface area contributed by atoms with Gasteiger partial charge in [-0.15, -0.1) is 0 Å². The van der Waals surface area contributed by atoms with Crippen LogP contribution in [0.15, 0.2) is 0 Å². The highest BCUT2D eigenvalue weighted by Crippen LogP contribution is 2.19. The van der Waals surface area contributed by atoms with Crippen LogP contribution in [-0.2, 0) is 74.2 Å². The zero-order valence-corrected chi connectivity index (χ0v) is 84.6. The highest BCUT2D eigenvalue weighted by molar-refractivity contribution is 7.95. The average molecular weight is 1850 g/mol.